The van der Waals surface area contributed by atoms with Crippen LogP contribution in [0.25, 0.3) is 5.69 Å². The van der Waals surface area contributed by atoms with Crippen molar-refractivity contribution in [3.05, 3.63) is 52.1 Å². The maximum Gasteiger partial charge on any atom is 0.293 e. The van der Waals surface area contributed by atoms with Gasteiger partial charge in [0.25, 0.3) is 5.69 Å². The first-order valence-corrected chi connectivity index (χ1v) is 6.53. The molecule has 0 bridgehead atoms. The minimum atomic E-state index is -0.736. The molecular formula is C14H17N3O3. The SMILES string of the molecule is CCCc1nccn1-c1ccc([C@@H](C)O)cc1[N+](=O)[O-]. The van der Waals surface area contributed by atoms with E-state index in [1.54, 1.807) is 36.0 Å². The van der Waals surface area contributed by atoms with E-state index in [2.05, 4.69) is 4.98 Å². The highest BCUT2D eigenvalue weighted by atomic mass is 16.6. The van der Waals surface area contributed by atoms with Crippen LogP contribution in [0.5, 0.6) is 0 Å². The summed E-state index contributed by atoms with van der Waals surface area (Å²) in [4.78, 5) is 15.0. The molecule has 0 amide bonds. The second kappa shape index (κ2) is 5.83. The van der Waals surface area contributed by atoms with Gasteiger partial charge in [0.2, 0.25) is 0 Å². The number of hydrogen-bond donors (Lipinski definition) is 1. The molecule has 1 aromatic heterocycles. The third-order valence-corrected chi connectivity index (χ3v) is 3.13. The number of aliphatic hydroxyl groups is 1. The molecule has 0 saturated carbocycles. The second-order valence-corrected chi connectivity index (χ2v) is 4.64. The smallest absolute Gasteiger partial charge is 0.293 e. The van der Waals surface area contributed by atoms with Gasteiger partial charge in [0, 0.05) is 24.9 Å². The molecule has 0 aliphatic carbocycles. The van der Waals surface area contributed by atoms with Crippen LogP contribution < -0.4 is 0 Å². The summed E-state index contributed by atoms with van der Waals surface area (Å²) in [5, 5.41) is 20.8. The minimum absolute atomic E-state index is 0.0289. The number of aryl methyl sites for hydroxylation is 1. The predicted octanol–water partition coefficient (Wildman–Crippen LogP) is 2.79. The van der Waals surface area contributed by atoms with E-state index in [1.807, 2.05) is 6.92 Å². The molecule has 0 radical (unpaired) electrons. The fourth-order valence-corrected chi connectivity index (χ4v) is 2.11. The molecule has 0 aliphatic heterocycles. The van der Waals surface area contributed by atoms with Crippen LogP contribution in [0.3, 0.4) is 0 Å². The van der Waals surface area contributed by atoms with E-state index in [0.717, 1.165) is 18.7 Å². The van der Waals surface area contributed by atoms with Crippen LogP contribution in [0.15, 0.2) is 30.6 Å². The quantitative estimate of drug-likeness (QED) is 0.672. The van der Waals surface area contributed by atoms with E-state index < -0.39 is 11.0 Å². The molecule has 1 N–H and O–H groups in total. The number of hydrogen-bond acceptors (Lipinski definition) is 4. The lowest BCUT2D eigenvalue weighted by atomic mass is 10.1. The fourth-order valence-electron chi connectivity index (χ4n) is 2.11. The predicted molar refractivity (Wildman–Crippen MR) is 74.8 cm³/mol. The summed E-state index contributed by atoms with van der Waals surface area (Å²) in [6, 6.07) is 4.76. The Morgan fingerprint density at radius 3 is 2.85 bits per heavy atom. The van der Waals surface area contributed by atoms with E-state index in [9.17, 15) is 15.2 Å². The molecule has 6 heteroatoms. The summed E-state index contributed by atoms with van der Waals surface area (Å²) in [6.07, 6.45) is 4.28. The molecule has 20 heavy (non-hydrogen) atoms. The lowest BCUT2D eigenvalue weighted by Gasteiger charge is -2.10. The Morgan fingerprint density at radius 2 is 2.25 bits per heavy atom. The molecule has 1 heterocycles. The molecule has 106 valence electrons. The molecule has 0 fully saturated rings. The highest BCUT2D eigenvalue weighted by Gasteiger charge is 2.19. The van der Waals surface area contributed by atoms with Gasteiger partial charge in [-0.3, -0.25) is 14.7 Å². The summed E-state index contributed by atoms with van der Waals surface area (Å²) in [5.74, 6) is 0.792. The van der Waals surface area contributed by atoms with Gasteiger partial charge in [0.05, 0.1) is 11.0 Å². The van der Waals surface area contributed by atoms with Gasteiger partial charge in [-0.25, -0.2) is 4.98 Å². The zero-order chi connectivity index (χ0) is 14.7. The number of nitro groups is 1. The lowest BCUT2D eigenvalue weighted by Crippen LogP contribution is -2.05. The number of aromatic nitrogens is 2. The third-order valence-electron chi connectivity index (χ3n) is 3.13. The monoisotopic (exact) mass is 275 g/mol. The fraction of sp³-hybridized carbons (Fsp3) is 0.357. The summed E-state index contributed by atoms with van der Waals surface area (Å²) in [7, 11) is 0. The number of aliphatic hydroxyl groups excluding tert-OH is 1. The molecule has 0 saturated heterocycles. The number of nitro benzene ring substituents is 1. The van der Waals surface area contributed by atoms with Gasteiger partial charge in [-0.1, -0.05) is 13.0 Å². The Bertz CT molecular complexity index is 620. The van der Waals surface area contributed by atoms with E-state index in [0.29, 0.717) is 11.3 Å². The Balaban J connectivity index is 2.55. The molecule has 2 rings (SSSR count). The third kappa shape index (κ3) is 2.70. The molecule has 1 atom stereocenters. The Morgan fingerprint density at radius 1 is 1.50 bits per heavy atom. The van der Waals surface area contributed by atoms with Crippen LogP contribution in [0.1, 0.15) is 37.8 Å². The van der Waals surface area contributed by atoms with Crippen molar-refractivity contribution in [3.8, 4) is 5.69 Å². The molecule has 1 aromatic carbocycles. The maximum atomic E-state index is 11.3. The summed E-state index contributed by atoms with van der Waals surface area (Å²) in [5.41, 5.74) is 0.969. The standard InChI is InChI=1S/C14H17N3O3/c1-3-4-14-15-7-8-16(14)12-6-5-11(10(2)18)9-13(12)17(19)20/h5-10,18H,3-4H2,1-2H3/t10-/m1/s1. The van der Waals surface area contributed by atoms with Crippen molar-refractivity contribution in [2.75, 3.05) is 0 Å². The van der Waals surface area contributed by atoms with Crippen LogP contribution in [0.4, 0.5) is 5.69 Å². The number of imidazole rings is 1. The van der Waals surface area contributed by atoms with Gasteiger partial charge in [0.1, 0.15) is 11.5 Å². The van der Waals surface area contributed by atoms with Gasteiger partial charge in [-0.05, 0) is 25.0 Å². The zero-order valence-corrected chi connectivity index (χ0v) is 11.5. The van der Waals surface area contributed by atoms with Crippen LogP contribution in [-0.4, -0.2) is 19.6 Å². The zero-order valence-electron chi connectivity index (χ0n) is 11.5. The minimum Gasteiger partial charge on any atom is -0.389 e. The van der Waals surface area contributed by atoms with E-state index in [-0.39, 0.29) is 5.69 Å². The highest BCUT2D eigenvalue weighted by Crippen LogP contribution is 2.28. The van der Waals surface area contributed by atoms with Crippen molar-refractivity contribution >= 4 is 5.69 Å². The Hall–Kier alpha value is -2.21. The first-order valence-electron chi connectivity index (χ1n) is 6.53. The first-order chi connectivity index (χ1) is 9.54. The average Bonchev–Trinajstić information content (AvgIpc) is 2.86. The van der Waals surface area contributed by atoms with Crippen molar-refractivity contribution in [2.45, 2.75) is 32.8 Å². The molecule has 0 spiro atoms. The topological polar surface area (TPSA) is 81.2 Å². The lowest BCUT2D eigenvalue weighted by molar-refractivity contribution is -0.384. The largest absolute Gasteiger partial charge is 0.389 e. The first kappa shape index (κ1) is 14.2. The van der Waals surface area contributed by atoms with E-state index >= 15 is 0 Å². The second-order valence-electron chi connectivity index (χ2n) is 4.64. The maximum absolute atomic E-state index is 11.3. The summed E-state index contributed by atoms with van der Waals surface area (Å²) in [6.45, 7) is 3.61. The van der Waals surface area contributed by atoms with Crippen molar-refractivity contribution in [2.24, 2.45) is 0 Å². The van der Waals surface area contributed by atoms with Crippen molar-refractivity contribution in [1.82, 2.24) is 9.55 Å². The number of benzene rings is 1. The molecular weight excluding hydrogens is 258 g/mol. The van der Waals surface area contributed by atoms with Gasteiger partial charge in [-0.2, -0.15) is 0 Å². The number of rotatable bonds is 5. The molecule has 0 aliphatic rings. The van der Waals surface area contributed by atoms with Crippen LogP contribution >= 0.6 is 0 Å². The molecule has 0 unspecified atom stereocenters. The van der Waals surface area contributed by atoms with Gasteiger partial charge in [-0.15, -0.1) is 0 Å². The molecule has 2 aromatic rings. The van der Waals surface area contributed by atoms with Gasteiger partial charge < -0.3 is 5.11 Å². The Kier molecular flexibility index (Phi) is 4.14. The van der Waals surface area contributed by atoms with Crippen molar-refractivity contribution in [1.29, 1.82) is 0 Å². The Labute approximate surface area is 116 Å². The van der Waals surface area contributed by atoms with Crippen molar-refractivity contribution in [3.63, 3.8) is 0 Å². The van der Waals surface area contributed by atoms with E-state index in [4.69, 9.17) is 0 Å². The van der Waals surface area contributed by atoms with Crippen LogP contribution in [0, 0.1) is 10.1 Å². The van der Waals surface area contributed by atoms with E-state index in [1.165, 1.54) is 6.07 Å². The normalized spacial score (nSPS) is 12.3. The van der Waals surface area contributed by atoms with Crippen molar-refractivity contribution < 1.29 is 10.0 Å². The summed E-state index contributed by atoms with van der Waals surface area (Å²) < 4.78 is 1.73. The van der Waals surface area contributed by atoms with Crippen LogP contribution in [0.2, 0.25) is 0 Å². The summed E-state index contributed by atoms with van der Waals surface area (Å²) >= 11 is 0. The van der Waals surface area contributed by atoms with Crippen LogP contribution in [-0.2, 0) is 6.42 Å². The van der Waals surface area contributed by atoms with Gasteiger partial charge in [0.15, 0.2) is 0 Å². The average molecular weight is 275 g/mol. The van der Waals surface area contributed by atoms with Gasteiger partial charge >= 0.3 is 0 Å². The molecule has 6 nitrogen and oxygen atoms in total. The number of nitrogens with zero attached hydrogens (tertiary/aromatic N) is 3. The highest BCUT2D eigenvalue weighted by molar-refractivity contribution is 5.55.